The second kappa shape index (κ2) is 7.94. The second-order valence-corrected chi connectivity index (χ2v) is 7.92. The van der Waals surface area contributed by atoms with Crippen LogP contribution in [0.25, 0.3) is 0 Å². The number of hydrogen-bond acceptors (Lipinski definition) is 2. The molecule has 0 aliphatic heterocycles. The van der Waals surface area contributed by atoms with Crippen LogP contribution in [0.15, 0.2) is 54.6 Å². The number of hydrogen-bond donors (Lipinski definition) is 1. The average Bonchev–Trinajstić information content (AvgIpc) is 2.68. The van der Waals surface area contributed by atoms with Crippen molar-refractivity contribution in [1.29, 1.82) is 0 Å². The van der Waals surface area contributed by atoms with E-state index in [4.69, 9.17) is 0 Å². The normalized spacial score (nSPS) is 22.7. The predicted molar refractivity (Wildman–Crippen MR) is 109 cm³/mol. The van der Waals surface area contributed by atoms with Crippen LogP contribution < -0.4 is 10.2 Å². The Morgan fingerprint density at radius 1 is 1.04 bits per heavy atom. The summed E-state index contributed by atoms with van der Waals surface area (Å²) in [7, 11) is 3.94. The summed E-state index contributed by atoms with van der Waals surface area (Å²) in [5.74, 6) is 0.792. The summed E-state index contributed by atoms with van der Waals surface area (Å²) in [6.07, 6.45) is 4.71. The van der Waals surface area contributed by atoms with Gasteiger partial charge in [-0.25, -0.2) is 0 Å². The monoisotopic (exact) mass is 350 g/mol. The molecule has 0 bridgehead atoms. The molecular formula is C23H30N2O. The summed E-state index contributed by atoms with van der Waals surface area (Å²) >= 11 is 0. The molecule has 1 aliphatic carbocycles. The zero-order chi connectivity index (χ0) is 18.6. The van der Waals surface area contributed by atoms with E-state index in [9.17, 15) is 4.79 Å². The average molecular weight is 351 g/mol. The van der Waals surface area contributed by atoms with Crippen LogP contribution >= 0.6 is 0 Å². The Bertz CT molecular complexity index is 731. The molecule has 1 aliphatic rings. The zero-order valence-corrected chi connectivity index (χ0v) is 16.2. The lowest BCUT2D eigenvalue weighted by Gasteiger charge is -2.40. The first kappa shape index (κ1) is 18.5. The molecule has 1 N–H and O–H groups in total. The number of amides is 1. The Kier molecular flexibility index (Phi) is 5.65. The van der Waals surface area contributed by atoms with Gasteiger partial charge in [0.25, 0.3) is 5.91 Å². The topological polar surface area (TPSA) is 32.3 Å². The Hall–Kier alpha value is -2.29. The Labute approximate surface area is 157 Å². The van der Waals surface area contributed by atoms with Gasteiger partial charge in [0.2, 0.25) is 0 Å². The molecule has 0 unspecified atom stereocenters. The molecule has 3 heteroatoms. The van der Waals surface area contributed by atoms with Crippen LogP contribution in [-0.4, -0.2) is 26.5 Å². The number of nitrogens with zero attached hydrogens (tertiary/aromatic N) is 1. The second-order valence-electron chi connectivity index (χ2n) is 7.92. The van der Waals surface area contributed by atoms with E-state index < -0.39 is 0 Å². The highest BCUT2D eigenvalue weighted by atomic mass is 16.1. The molecule has 3 rings (SSSR count). The van der Waals surface area contributed by atoms with Gasteiger partial charge in [-0.05, 0) is 49.3 Å². The van der Waals surface area contributed by atoms with E-state index in [1.165, 1.54) is 18.4 Å². The van der Waals surface area contributed by atoms with Crippen molar-refractivity contribution in [3.63, 3.8) is 0 Å². The lowest BCUT2D eigenvalue weighted by Crippen LogP contribution is -2.43. The largest absolute Gasteiger partial charge is 0.377 e. The SMILES string of the molecule is CC1CCC(CNC(=O)c2ccccc2N(C)C)(c2ccccc2)CC1. The summed E-state index contributed by atoms with van der Waals surface area (Å²) < 4.78 is 0. The van der Waals surface area contributed by atoms with Crippen molar-refractivity contribution in [3.05, 3.63) is 65.7 Å². The molecule has 0 aromatic heterocycles. The quantitative estimate of drug-likeness (QED) is 0.852. The molecule has 138 valence electrons. The number of carbonyl (C=O) groups is 1. The van der Waals surface area contributed by atoms with Gasteiger partial charge >= 0.3 is 0 Å². The fourth-order valence-electron chi connectivity index (χ4n) is 4.07. The number of rotatable bonds is 5. The first-order chi connectivity index (χ1) is 12.5. The van der Waals surface area contributed by atoms with Crippen LogP contribution in [0.3, 0.4) is 0 Å². The minimum absolute atomic E-state index is 0.0169. The van der Waals surface area contributed by atoms with Crippen molar-refractivity contribution in [2.24, 2.45) is 5.92 Å². The van der Waals surface area contributed by atoms with E-state index in [0.717, 1.165) is 30.0 Å². The third-order valence-corrected chi connectivity index (χ3v) is 5.84. The van der Waals surface area contributed by atoms with Gasteiger partial charge < -0.3 is 10.2 Å². The summed E-state index contributed by atoms with van der Waals surface area (Å²) in [4.78, 5) is 14.9. The maximum atomic E-state index is 12.9. The Balaban J connectivity index is 1.80. The van der Waals surface area contributed by atoms with Crippen LogP contribution in [0.5, 0.6) is 0 Å². The van der Waals surface area contributed by atoms with Gasteiger partial charge in [0.1, 0.15) is 0 Å². The lowest BCUT2D eigenvalue weighted by atomic mass is 9.67. The van der Waals surface area contributed by atoms with Crippen molar-refractivity contribution in [2.45, 2.75) is 38.0 Å². The molecule has 1 fully saturated rings. The van der Waals surface area contributed by atoms with Crippen molar-refractivity contribution in [2.75, 3.05) is 25.5 Å². The molecule has 0 heterocycles. The summed E-state index contributed by atoms with van der Waals surface area (Å²) in [5, 5.41) is 3.25. The van der Waals surface area contributed by atoms with Crippen LogP contribution in [0.2, 0.25) is 0 Å². The third-order valence-electron chi connectivity index (χ3n) is 5.84. The van der Waals surface area contributed by atoms with E-state index >= 15 is 0 Å². The summed E-state index contributed by atoms with van der Waals surface area (Å²) in [6, 6.07) is 18.5. The van der Waals surface area contributed by atoms with Gasteiger partial charge in [-0.3, -0.25) is 4.79 Å². The predicted octanol–water partition coefficient (Wildman–Crippen LogP) is 4.63. The minimum atomic E-state index is 0.0169. The van der Waals surface area contributed by atoms with E-state index in [-0.39, 0.29) is 11.3 Å². The first-order valence-electron chi connectivity index (χ1n) is 9.62. The van der Waals surface area contributed by atoms with Gasteiger partial charge in [-0.1, -0.05) is 49.4 Å². The molecule has 0 saturated heterocycles. The van der Waals surface area contributed by atoms with E-state index in [1.807, 2.05) is 43.3 Å². The number of benzene rings is 2. The molecule has 1 saturated carbocycles. The summed E-state index contributed by atoms with van der Waals surface area (Å²) in [5.41, 5.74) is 3.10. The number of carbonyl (C=O) groups excluding carboxylic acids is 1. The molecule has 1 amide bonds. The van der Waals surface area contributed by atoms with Crippen LogP contribution in [0, 0.1) is 5.92 Å². The van der Waals surface area contributed by atoms with Crippen LogP contribution in [0.4, 0.5) is 5.69 Å². The van der Waals surface area contributed by atoms with Crippen molar-refractivity contribution in [3.8, 4) is 0 Å². The van der Waals surface area contributed by atoms with Gasteiger partial charge in [0.15, 0.2) is 0 Å². The standard InChI is InChI=1S/C23H30N2O/c1-18-13-15-23(16-14-18,19-9-5-4-6-10-19)17-24-22(26)20-11-7-8-12-21(20)25(2)3/h4-12,18H,13-17H2,1-3H3,(H,24,26). The number of para-hydroxylation sites is 1. The molecular weight excluding hydrogens is 320 g/mol. The van der Waals surface area contributed by atoms with Gasteiger partial charge in [-0.15, -0.1) is 0 Å². The first-order valence-corrected chi connectivity index (χ1v) is 9.62. The molecule has 0 spiro atoms. The van der Waals surface area contributed by atoms with E-state index in [1.54, 1.807) is 0 Å². The smallest absolute Gasteiger partial charge is 0.253 e. The lowest BCUT2D eigenvalue weighted by molar-refractivity contribution is 0.0934. The number of nitrogens with one attached hydrogen (secondary N) is 1. The molecule has 3 nitrogen and oxygen atoms in total. The van der Waals surface area contributed by atoms with Crippen molar-refractivity contribution in [1.82, 2.24) is 5.32 Å². The van der Waals surface area contributed by atoms with Crippen molar-refractivity contribution < 1.29 is 4.79 Å². The van der Waals surface area contributed by atoms with Crippen molar-refractivity contribution >= 4 is 11.6 Å². The highest BCUT2D eigenvalue weighted by molar-refractivity contribution is 5.99. The number of anilines is 1. The van der Waals surface area contributed by atoms with Gasteiger partial charge in [-0.2, -0.15) is 0 Å². The van der Waals surface area contributed by atoms with Gasteiger partial charge in [0, 0.05) is 31.7 Å². The Morgan fingerprint density at radius 2 is 1.65 bits per heavy atom. The van der Waals surface area contributed by atoms with Gasteiger partial charge in [0.05, 0.1) is 5.56 Å². The highest BCUT2D eigenvalue weighted by Gasteiger charge is 2.36. The highest BCUT2D eigenvalue weighted by Crippen LogP contribution is 2.41. The maximum absolute atomic E-state index is 12.9. The Morgan fingerprint density at radius 3 is 2.31 bits per heavy atom. The van der Waals surface area contributed by atoms with Crippen LogP contribution in [0.1, 0.15) is 48.5 Å². The summed E-state index contributed by atoms with van der Waals surface area (Å²) in [6.45, 7) is 3.03. The fraction of sp³-hybridized carbons (Fsp3) is 0.435. The molecule has 26 heavy (non-hydrogen) atoms. The zero-order valence-electron chi connectivity index (χ0n) is 16.2. The van der Waals surface area contributed by atoms with E-state index in [2.05, 4.69) is 42.6 Å². The van der Waals surface area contributed by atoms with Crippen LogP contribution in [-0.2, 0) is 5.41 Å². The maximum Gasteiger partial charge on any atom is 0.253 e. The molecule has 0 radical (unpaired) electrons. The fourth-order valence-corrected chi connectivity index (χ4v) is 4.07. The molecule has 2 aromatic rings. The van der Waals surface area contributed by atoms with E-state index in [0.29, 0.717) is 6.54 Å². The third kappa shape index (κ3) is 3.92. The molecule has 2 aromatic carbocycles. The minimum Gasteiger partial charge on any atom is -0.377 e. The molecule has 0 atom stereocenters.